The number of carbonyl (C=O) groups excluding carboxylic acids is 2. The molecule has 0 bridgehead atoms. The van der Waals surface area contributed by atoms with Crippen LogP contribution in [0.15, 0.2) is 24.3 Å². The first-order chi connectivity index (χ1) is 9.08. The number of amides is 2. The summed E-state index contributed by atoms with van der Waals surface area (Å²) in [4.78, 5) is 27.3. The average molecular weight is 261 g/mol. The monoisotopic (exact) mass is 261 g/mol. The van der Waals surface area contributed by atoms with Crippen molar-refractivity contribution in [3.05, 3.63) is 29.8 Å². The Bertz CT molecular complexity index is 470. The maximum Gasteiger partial charge on any atom is 0.253 e. The van der Waals surface area contributed by atoms with E-state index in [2.05, 4.69) is 0 Å². The van der Waals surface area contributed by atoms with Crippen LogP contribution < -0.4 is 5.73 Å². The zero-order valence-electron chi connectivity index (χ0n) is 11.1. The fourth-order valence-electron chi connectivity index (χ4n) is 2.24. The minimum atomic E-state index is 0.00500. The highest BCUT2D eigenvalue weighted by Gasteiger charge is 2.21. The van der Waals surface area contributed by atoms with E-state index >= 15 is 0 Å². The lowest BCUT2D eigenvalue weighted by molar-refractivity contribution is -0.128. The maximum absolute atomic E-state index is 12.3. The first-order valence-corrected chi connectivity index (χ1v) is 6.48. The van der Waals surface area contributed by atoms with Crippen molar-refractivity contribution in [2.24, 2.45) is 0 Å². The summed E-state index contributed by atoms with van der Waals surface area (Å²) in [5.74, 6) is 0.0761. The lowest BCUT2D eigenvalue weighted by atomic mass is 10.2. The number of carbonyl (C=O) groups is 2. The molecule has 19 heavy (non-hydrogen) atoms. The highest BCUT2D eigenvalue weighted by Crippen LogP contribution is 2.11. The van der Waals surface area contributed by atoms with E-state index in [1.165, 1.54) is 0 Å². The van der Waals surface area contributed by atoms with Gasteiger partial charge in [-0.05, 0) is 30.7 Å². The molecule has 1 aliphatic rings. The Balaban J connectivity index is 2.03. The van der Waals surface area contributed by atoms with Crippen LogP contribution in [-0.2, 0) is 4.79 Å². The van der Waals surface area contributed by atoms with E-state index in [0.29, 0.717) is 30.9 Å². The van der Waals surface area contributed by atoms with Gasteiger partial charge in [-0.25, -0.2) is 0 Å². The summed E-state index contributed by atoms with van der Waals surface area (Å²) in [6.07, 6.45) is 0.820. The lowest BCUT2D eigenvalue weighted by Crippen LogP contribution is -2.36. The molecule has 1 saturated heterocycles. The summed E-state index contributed by atoms with van der Waals surface area (Å²) < 4.78 is 0. The molecule has 2 amide bonds. The van der Waals surface area contributed by atoms with E-state index in [1.807, 2.05) is 0 Å². The van der Waals surface area contributed by atoms with Crippen LogP contribution in [0.4, 0.5) is 5.69 Å². The standard InChI is InChI=1S/C14H19N3O2/c1-11(18)16-7-2-8-17(10-9-16)14(19)12-3-5-13(15)6-4-12/h3-6H,2,7-10,15H2,1H3. The molecule has 1 fully saturated rings. The second-order valence-corrected chi connectivity index (χ2v) is 4.77. The smallest absolute Gasteiger partial charge is 0.253 e. The highest BCUT2D eigenvalue weighted by molar-refractivity contribution is 5.94. The number of nitrogens with two attached hydrogens (primary N) is 1. The Morgan fingerprint density at radius 2 is 1.58 bits per heavy atom. The molecule has 1 aromatic rings. The molecule has 0 aromatic heterocycles. The van der Waals surface area contributed by atoms with Crippen molar-refractivity contribution in [3.63, 3.8) is 0 Å². The Morgan fingerprint density at radius 3 is 2.21 bits per heavy atom. The summed E-state index contributed by atoms with van der Waals surface area (Å²) in [5.41, 5.74) is 6.90. The Labute approximate surface area is 113 Å². The van der Waals surface area contributed by atoms with Gasteiger partial charge in [0.2, 0.25) is 5.91 Å². The molecule has 1 aromatic carbocycles. The Hall–Kier alpha value is -2.04. The minimum Gasteiger partial charge on any atom is -0.399 e. The van der Waals surface area contributed by atoms with Gasteiger partial charge in [-0.3, -0.25) is 9.59 Å². The Morgan fingerprint density at radius 1 is 1.00 bits per heavy atom. The van der Waals surface area contributed by atoms with Gasteiger partial charge in [0, 0.05) is 44.4 Å². The Kier molecular flexibility index (Phi) is 4.04. The fourth-order valence-corrected chi connectivity index (χ4v) is 2.24. The van der Waals surface area contributed by atoms with Gasteiger partial charge in [0.05, 0.1) is 0 Å². The SMILES string of the molecule is CC(=O)N1CCCN(C(=O)c2ccc(N)cc2)CC1. The first kappa shape index (κ1) is 13.4. The molecule has 0 atom stereocenters. The third kappa shape index (κ3) is 3.24. The first-order valence-electron chi connectivity index (χ1n) is 6.48. The number of hydrogen-bond donors (Lipinski definition) is 1. The van der Waals surface area contributed by atoms with E-state index in [9.17, 15) is 9.59 Å². The molecule has 0 radical (unpaired) electrons. The molecule has 0 unspecified atom stereocenters. The van der Waals surface area contributed by atoms with Crippen molar-refractivity contribution >= 4 is 17.5 Å². The molecule has 0 spiro atoms. The summed E-state index contributed by atoms with van der Waals surface area (Å²) in [6.45, 7) is 4.17. The van der Waals surface area contributed by atoms with Crippen molar-refractivity contribution in [2.75, 3.05) is 31.9 Å². The summed E-state index contributed by atoms with van der Waals surface area (Å²) in [7, 11) is 0. The molecule has 5 nitrogen and oxygen atoms in total. The van der Waals surface area contributed by atoms with Crippen molar-refractivity contribution in [1.82, 2.24) is 9.80 Å². The van der Waals surface area contributed by atoms with Crippen LogP contribution in [0.5, 0.6) is 0 Å². The average Bonchev–Trinajstić information content (AvgIpc) is 2.64. The highest BCUT2D eigenvalue weighted by atomic mass is 16.2. The number of nitrogen functional groups attached to an aromatic ring is 1. The number of hydrogen-bond acceptors (Lipinski definition) is 3. The molecule has 2 rings (SSSR count). The zero-order chi connectivity index (χ0) is 13.8. The molecule has 1 aliphatic heterocycles. The van der Waals surface area contributed by atoms with Crippen LogP contribution in [0.1, 0.15) is 23.7 Å². The van der Waals surface area contributed by atoms with Crippen molar-refractivity contribution in [1.29, 1.82) is 0 Å². The predicted octanol–water partition coefficient (Wildman–Crippen LogP) is 0.963. The van der Waals surface area contributed by atoms with Gasteiger partial charge < -0.3 is 15.5 Å². The topological polar surface area (TPSA) is 66.6 Å². The van der Waals surface area contributed by atoms with Crippen LogP contribution in [0.25, 0.3) is 0 Å². The van der Waals surface area contributed by atoms with Crippen LogP contribution in [0, 0.1) is 0 Å². The van der Waals surface area contributed by atoms with E-state index in [-0.39, 0.29) is 11.8 Å². The number of benzene rings is 1. The van der Waals surface area contributed by atoms with E-state index in [1.54, 1.807) is 41.0 Å². The minimum absolute atomic E-state index is 0.00500. The van der Waals surface area contributed by atoms with Gasteiger partial charge >= 0.3 is 0 Å². The molecule has 1 heterocycles. The van der Waals surface area contributed by atoms with Gasteiger partial charge in [0.1, 0.15) is 0 Å². The van der Waals surface area contributed by atoms with E-state index in [0.717, 1.165) is 13.0 Å². The summed E-state index contributed by atoms with van der Waals surface area (Å²) >= 11 is 0. The summed E-state index contributed by atoms with van der Waals surface area (Å²) in [6, 6.07) is 6.94. The molecule has 2 N–H and O–H groups in total. The van der Waals surface area contributed by atoms with Crippen LogP contribution in [0.2, 0.25) is 0 Å². The summed E-state index contributed by atoms with van der Waals surface area (Å²) in [5, 5.41) is 0. The van der Waals surface area contributed by atoms with Gasteiger partial charge in [0.25, 0.3) is 5.91 Å². The van der Waals surface area contributed by atoms with E-state index in [4.69, 9.17) is 5.73 Å². The molecule has 5 heteroatoms. The third-order valence-electron chi connectivity index (χ3n) is 3.39. The molecule has 0 aliphatic carbocycles. The number of rotatable bonds is 1. The second kappa shape index (κ2) is 5.73. The van der Waals surface area contributed by atoms with Crippen molar-refractivity contribution < 1.29 is 9.59 Å². The van der Waals surface area contributed by atoms with Gasteiger partial charge in [-0.15, -0.1) is 0 Å². The predicted molar refractivity (Wildman–Crippen MR) is 73.6 cm³/mol. The number of anilines is 1. The van der Waals surface area contributed by atoms with Crippen molar-refractivity contribution in [2.45, 2.75) is 13.3 Å². The molecule has 0 saturated carbocycles. The van der Waals surface area contributed by atoms with Crippen LogP contribution in [-0.4, -0.2) is 47.8 Å². The maximum atomic E-state index is 12.3. The third-order valence-corrected chi connectivity index (χ3v) is 3.39. The normalized spacial score (nSPS) is 16.1. The zero-order valence-corrected chi connectivity index (χ0v) is 11.1. The van der Waals surface area contributed by atoms with Gasteiger partial charge in [-0.1, -0.05) is 0 Å². The lowest BCUT2D eigenvalue weighted by Gasteiger charge is -2.21. The second-order valence-electron chi connectivity index (χ2n) is 4.77. The van der Waals surface area contributed by atoms with Gasteiger partial charge in [0.15, 0.2) is 0 Å². The van der Waals surface area contributed by atoms with Crippen molar-refractivity contribution in [3.8, 4) is 0 Å². The quantitative estimate of drug-likeness (QED) is 0.766. The van der Waals surface area contributed by atoms with E-state index < -0.39 is 0 Å². The molecular weight excluding hydrogens is 242 g/mol. The van der Waals surface area contributed by atoms with Crippen LogP contribution >= 0.6 is 0 Å². The van der Waals surface area contributed by atoms with Gasteiger partial charge in [-0.2, -0.15) is 0 Å². The molecular formula is C14H19N3O2. The largest absolute Gasteiger partial charge is 0.399 e. The fraction of sp³-hybridized carbons (Fsp3) is 0.429. The molecule has 102 valence electrons. The van der Waals surface area contributed by atoms with Crippen LogP contribution in [0.3, 0.4) is 0 Å². The number of nitrogens with zero attached hydrogens (tertiary/aromatic N) is 2.